The van der Waals surface area contributed by atoms with E-state index in [1.165, 1.54) is 23.8 Å². The highest BCUT2D eigenvalue weighted by molar-refractivity contribution is 7.98. The number of carbonyl (C=O) groups is 1. The molecule has 0 aliphatic rings. The van der Waals surface area contributed by atoms with E-state index in [9.17, 15) is 13.2 Å². The minimum Gasteiger partial charge on any atom is -0.351 e. The highest BCUT2D eigenvalue weighted by Crippen LogP contribution is 2.25. The average molecular weight is 475 g/mol. The summed E-state index contributed by atoms with van der Waals surface area (Å²) in [5.41, 5.74) is 2.91. The Kier molecular flexibility index (Phi) is 8.01. The van der Waals surface area contributed by atoms with Crippen LogP contribution in [-0.4, -0.2) is 26.6 Å². The molecule has 0 aromatic heterocycles. The Hall–Kier alpha value is -2.48. The minimum atomic E-state index is -3.94. The van der Waals surface area contributed by atoms with Gasteiger partial charge in [-0.05, 0) is 42.8 Å². The molecule has 8 heteroatoms. The van der Waals surface area contributed by atoms with Gasteiger partial charge in [0.05, 0.1) is 5.02 Å². The van der Waals surface area contributed by atoms with Crippen LogP contribution in [0.1, 0.15) is 21.5 Å². The van der Waals surface area contributed by atoms with E-state index in [2.05, 4.69) is 22.2 Å². The minimum absolute atomic E-state index is 0.0505. The van der Waals surface area contributed by atoms with E-state index in [4.69, 9.17) is 11.6 Å². The van der Waals surface area contributed by atoms with Crippen LogP contribution in [0, 0.1) is 6.92 Å². The van der Waals surface area contributed by atoms with Gasteiger partial charge in [0.25, 0.3) is 15.9 Å². The summed E-state index contributed by atoms with van der Waals surface area (Å²) in [6.07, 6.45) is 0. The molecule has 0 saturated heterocycles. The van der Waals surface area contributed by atoms with Crippen molar-refractivity contribution in [2.24, 2.45) is 0 Å². The van der Waals surface area contributed by atoms with Crippen molar-refractivity contribution in [2.45, 2.75) is 17.6 Å². The maximum atomic E-state index is 12.8. The summed E-state index contributed by atoms with van der Waals surface area (Å²) >= 11 is 7.84. The number of carbonyl (C=O) groups excluding carboxylic acids is 1. The topological polar surface area (TPSA) is 75.3 Å². The van der Waals surface area contributed by atoms with Crippen LogP contribution in [0.15, 0.2) is 77.7 Å². The molecule has 0 radical (unpaired) electrons. The number of hydrogen-bond acceptors (Lipinski definition) is 4. The van der Waals surface area contributed by atoms with Gasteiger partial charge in [-0.15, -0.1) is 0 Å². The molecule has 162 valence electrons. The first kappa shape index (κ1) is 23.2. The molecule has 3 aromatic rings. The van der Waals surface area contributed by atoms with Crippen LogP contribution in [0.3, 0.4) is 0 Å². The molecular formula is C23H23ClN2O3S2. The first-order valence-corrected chi connectivity index (χ1v) is 12.7. The van der Waals surface area contributed by atoms with Gasteiger partial charge in [0.2, 0.25) is 0 Å². The molecule has 5 nitrogen and oxygen atoms in total. The Bertz CT molecular complexity index is 1140. The van der Waals surface area contributed by atoms with Gasteiger partial charge in [0, 0.05) is 29.3 Å². The van der Waals surface area contributed by atoms with Crippen molar-refractivity contribution in [2.75, 3.05) is 17.0 Å². The van der Waals surface area contributed by atoms with E-state index in [0.717, 1.165) is 17.1 Å². The number of nitrogens with one attached hydrogen (secondary N) is 2. The van der Waals surface area contributed by atoms with E-state index in [1.54, 1.807) is 36.0 Å². The molecule has 0 fully saturated rings. The zero-order chi connectivity index (χ0) is 22.3. The van der Waals surface area contributed by atoms with Gasteiger partial charge >= 0.3 is 0 Å². The molecule has 3 aromatic carbocycles. The molecule has 3 rings (SSSR count). The van der Waals surface area contributed by atoms with Crippen molar-refractivity contribution in [3.63, 3.8) is 0 Å². The van der Waals surface area contributed by atoms with E-state index in [-0.39, 0.29) is 21.4 Å². The molecule has 2 N–H and O–H groups in total. The van der Waals surface area contributed by atoms with Crippen LogP contribution in [0.25, 0.3) is 0 Å². The Morgan fingerprint density at radius 3 is 2.42 bits per heavy atom. The predicted octanol–water partition coefficient (Wildman–Crippen LogP) is 5.11. The second-order valence-corrected chi connectivity index (χ2v) is 10.1. The van der Waals surface area contributed by atoms with Gasteiger partial charge < -0.3 is 5.32 Å². The maximum absolute atomic E-state index is 12.8. The van der Waals surface area contributed by atoms with Crippen LogP contribution < -0.4 is 10.0 Å². The highest BCUT2D eigenvalue weighted by atomic mass is 35.5. The van der Waals surface area contributed by atoms with Gasteiger partial charge in [-0.1, -0.05) is 59.6 Å². The van der Waals surface area contributed by atoms with E-state index < -0.39 is 10.0 Å². The van der Waals surface area contributed by atoms with Crippen LogP contribution >= 0.6 is 23.4 Å². The lowest BCUT2D eigenvalue weighted by atomic mass is 10.2. The lowest BCUT2D eigenvalue weighted by Crippen LogP contribution is -2.26. The van der Waals surface area contributed by atoms with Gasteiger partial charge in [-0.3, -0.25) is 9.52 Å². The molecule has 0 atom stereocenters. The molecule has 31 heavy (non-hydrogen) atoms. The van der Waals surface area contributed by atoms with E-state index in [0.29, 0.717) is 12.2 Å². The number of thioether (sulfide) groups is 1. The van der Waals surface area contributed by atoms with Crippen LogP contribution in [-0.2, 0) is 15.8 Å². The Morgan fingerprint density at radius 1 is 1.00 bits per heavy atom. The lowest BCUT2D eigenvalue weighted by molar-refractivity contribution is 0.0956. The molecule has 0 saturated carbocycles. The summed E-state index contributed by atoms with van der Waals surface area (Å²) in [6, 6.07) is 21.3. The van der Waals surface area contributed by atoms with Gasteiger partial charge in [0.1, 0.15) is 4.90 Å². The quantitative estimate of drug-likeness (QED) is 0.422. The largest absolute Gasteiger partial charge is 0.351 e. The van der Waals surface area contributed by atoms with Crippen molar-refractivity contribution >= 4 is 45.0 Å². The Morgan fingerprint density at radius 2 is 1.71 bits per heavy atom. The van der Waals surface area contributed by atoms with Gasteiger partial charge in [0.15, 0.2) is 0 Å². The SMILES string of the molecule is Cc1ccc(NS(=O)(=O)c2cc(C(=O)NCCSCc3ccccc3)ccc2Cl)cc1. The zero-order valence-electron chi connectivity index (χ0n) is 17.0. The fourth-order valence-corrected chi connectivity index (χ4v) is 5.19. The van der Waals surface area contributed by atoms with Crippen molar-refractivity contribution in [3.05, 3.63) is 94.5 Å². The average Bonchev–Trinajstić information content (AvgIpc) is 2.76. The van der Waals surface area contributed by atoms with Gasteiger partial charge in [-0.25, -0.2) is 8.42 Å². The highest BCUT2D eigenvalue weighted by Gasteiger charge is 2.20. The van der Waals surface area contributed by atoms with Crippen molar-refractivity contribution in [1.29, 1.82) is 0 Å². The summed E-state index contributed by atoms with van der Waals surface area (Å²) in [5.74, 6) is 1.27. The maximum Gasteiger partial charge on any atom is 0.263 e. The number of aryl methyl sites for hydroxylation is 1. The van der Waals surface area contributed by atoms with Crippen LogP contribution in [0.5, 0.6) is 0 Å². The summed E-state index contributed by atoms with van der Waals surface area (Å²) in [5, 5.41) is 2.87. The second-order valence-electron chi connectivity index (χ2n) is 6.91. The molecule has 0 unspecified atom stereocenters. The molecule has 0 aliphatic carbocycles. The lowest BCUT2D eigenvalue weighted by Gasteiger charge is -2.12. The van der Waals surface area contributed by atoms with Crippen molar-refractivity contribution in [3.8, 4) is 0 Å². The van der Waals surface area contributed by atoms with Crippen molar-refractivity contribution < 1.29 is 13.2 Å². The first-order valence-electron chi connectivity index (χ1n) is 9.64. The number of hydrogen-bond donors (Lipinski definition) is 2. The number of benzene rings is 3. The first-order chi connectivity index (χ1) is 14.8. The van der Waals surface area contributed by atoms with E-state index >= 15 is 0 Å². The second kappa shape index (κ2) is 10.7. The van der Waals surface area contributed by atoms with E-state index in [1.807, 2.05) is 25.1 Å². The zero-order valence-corrected chi connectivity index (χ0v) is 19.4. The summed E-state index contributed by atoms with van der Waals surface area (Å²) in [6.45, 7) is 2.39. The Balaban J connectivity index is 1.60. The summed E-state index contributed by atoms with van der Waals surface area (Å²) in [7, 11) is -3.94. The molecule has 0 spiro atoms. The molecule has 0 bridgehead atoms. The predicted molar refractivity (Wildman–Crippen MR) is 128 cm³/mol. The number of rotatable bonds is 9. The molecule has 0 heterocycles. The standard InChI is InChI=1S/C23H23ClN2O3S2/c1-17-7-10-20(11-8-17)26-31(28,29)22-15-19(9-12-21(22)24)23(27)25-13-14-30-16-18-5-3-2-4-6-18/h2-12,15,26H,13-14,16H2,1H3,(H,25,27). The summed E-state index contributed by atoms with van der Waals surface area (Å²) in [4.78, 5) is 12.3. The fraction of sp³-hybridized carbons (Fsp3) is 0.174. The summed E-state index contributed by atoms with van der Waals surface area (Å²) < 4.78 is 28.1. The van der Waals surface area contributed by atoms with Crippen LogP contribution in [0.4, 0.5) is 5.69 Å². The third-order valence-corrected chi connectivity index (χ3v) is 7.32. The third-order valence-electron chi connectivity index (χ3n) is 4.43. The third kappa shape index (κ3) is 6.75. The van der Waals surface area contributed by atoms with Crippen LogP contribution in [0.2, 0.25) is 5.02 Å². The Labute approximate surface area is 192 Å². The molecule has 0 aliphatic heterocycles. The smallest absolute Gasteiger partial charge is 0.263 e. The molecule has 1 amide bonds. The van der Waals surface area contributed by atoms with Gasteiger partial charge in [-0.2, -0.15) is 11.8 Å². The fourth-order valence-electron chi connectivity index (χ4n) is 2.79. The number of anilines is 1. The number of sulfonamides is 1. The number of halogens is 1. The van der Waals surface area contributed by atoms with Crippen molar-refractivity contribution in [1.82, 2.24) is 5.32 Å². The number of amides is 1. The monoisotopic (exact) mass is 474 g/mol. The molecular weight excluding hydrogens is 452 g/mol. The normalized spacial score (nSPS) is 11.2.